The lowest BCUT2D eigenvalue weighted by atomic mass is 10.2. The molecule has 0 saturated heterocycles. The zero-order valence-electron chi connectivity index (χ0n) is 14.8. The van der Waals surface area contributed by atoms with Crippen LogP contribution in [-0.4, -0.2) is 31.1 Å². The first-order chi connectivity index (χ1) is 13.5. The summed E-state index contributed by atoms with van der Waals surface area (Å²) < 4.78 is 17.3. The minimum Gasteiger partial charge on any atom is -0.480 e. The number of cyclic esters (lactones) is 1. The predicted octanol–water partition coefficient (Wildman–Crippen LogP) is 4.18. The normalized spacial score (nSPS) is 14.6. The van der Waals surface area contributed by atoms with Crippen molar-refractivity contribution >= 4 is 69.1 Å². The first kappa shape index (κ1) is 20.8. The van der Waals surface area contributed by atoms with Crippen LogP contribution in [0.4, 0.5) is 0 Å². The Labute approximate surface area is 189 Å². The molecule has 3 rings (SSSR count). The minimum absolute atomic E-state index is 0.155. The number of hydrogen-bond acceptors (Lipinski definition) is 6. The van der Waals surface area contributed by atoms with Crippen molar-refractivity contribution in [3.63, 3.8) is 0 Å². The second kappa shape index (κ2) is 9.50. The summed E-state index contributed by atoms with van der Waals surface area (Å²) in [6.07, 6.45) is 1.66. The van der Waals surface area contributed by atoms with Crippen LogP contribution in [0.3, 0.4) is 0 Å². The van der Waals surface area contributed by atoms with Gasteiger partial charge in [0.15, 0.2) is 12.3 Å². The van der Waals surface area contributed by atoms with Gasteiger partial charge >= 0.3 is 11.9 Å². The number of benzene rings is 2. The molecule has 0 fully saturated rings. The van der Waals surface area contributed by atoms with Gasteiger partial charge in [-0.15, -0.1) is 0 Å². The number of hydrogen-bond donors (Lipinski definition) is 0. The van der Waals surface area contributed by atoms with Crippen molar-refractivity contribution < 1.29 is 23.8 Å². The second-order valence-electron chi connectivity index (χ2n) is 5.61. The Kier molecular flexibility index (Phi) is 7.05. The van der Waals surface area contributed by atoms with Gasteiger partial charge in [0, 0.05) is 5.56 Å². The van der Waals surface area contributed by atoms with E-state index in [9.17, 15) is 9.59 Å². The summed E-state index contributed by atoms with van der Waals surface area (Å²) in [5, 5.41) is 0. The molecular formula is C20H15I2NO5. The third kappa shape index (κ3) is 5.10. The second-order valence-corrected chi connectivity index (χ2v) is 7.93. The molecule has 0 unspecified atom stereocenters. The molecule has 144 valence electrons. The fourth-order valence-electron chi connectivity index (χ4n) is 2.41. The van der Waals surface area contributed by atoms with Gasteiger partial charge in [-0.05, 0) is 88.0 Å². The van der Waals surface area contributed by atoms with Crippen molar-refractivity contribution in [2.75, 3.05) is 13.2 Å². The number of carbonyl (C=O) groups is 2. The fraction of sp³-hybridized carbons (Fsp3) is 0.150. The molecule has 0 saturated carbocycles. The van der Waals surface area contributed by atoms with E-state index in [1.807, 2.05) is 42.5 Å². The highest BCUT2D eigenvalue weighted by molar-refractivity contribution is 14.1. The van der Waals surface area contributed by atoms with Gasteiger partial charge in [0.05, 0.1) is 13.7 Å². The van der Waals surface area contributed by atoms with E-state index in [0.29, 0.717) is 12.4 Å². The fourth-order valence-corrected chi connectivity index (χ4v) is 4.53. The Morgan fingerprint density at radius 1 is 1.18 bits per heavy atom. The van der Waals surface area contributed by atoms with Crippen LogP contribution in [0.15, 0.2) is 53.2 Å². The van der Waals surface area contributed by atoms with Crippen molar-refractivity contribution in [3.8, 4) is 5.75 Å². The summed E-state index contributed by atoms with van der Waals surface area (Å²) in [7, 11) is 0. The first-order valence-corrected chi connectivity index (χ1v) is 10.5. The van der Waals surface area contributed by atoms with Crippen LogP contribution < -0.4 is 4.74 Å². The largest absolute Gasteiger partial charge is 0.480 e. The quantitative estimate of drug-likeness (QED) is 0.282. The van der Waals surface area contributed by atoms with E-state index < -0.39 is 11.9 Å². The van der Waals surface area contributed by atoms with E-state index in [4.69, 9.17) is 14.2 Å². The number of carbonyl (C=O) groups excluding carboxylic acids is 2. The van der Waals surface area contributed by atoms with Gasteiger partial charge in [-0.1, -0.05) is 18.2 Å². The standard InChI is InChI=1S/C20H15I2NO5/c1-2-26-17(24)11-27-18-14(21)8-12(9-15(18)22)10-16-20(25)28-19(23-16)13-6-4-3-5-7-13/h3-10H,2,11H2,1H3/b16-10-. The molecule has 28 heavy (non-hydrogen) atoms. The summed E-state index contributed by atoms with van der Waals surface area (Å²) in [6, 6.07) is 12.9. The van der Waals surface area contributed by atoms with E-state index in [-0.39, 0.29) is 18.2 Å². The van der Waals surface area contributed by atoms with Crippen LogP contribution in [0, 0.1) is 7.14 Å². The van der Waals surface area contributed by atoms with E-state index in [1.54, 1.807) is 13.0 Å². The number of esters is 2. The van der Waals surface area contributed by atoms with Crippen LogP contribution in [-0.2, 0) is 19.1 Å². The van der Waals surface area contributed by atoms with Crippen molar-refractivity contribution in [3.05, 3.63) is 66.4 Å². The summed E-state index contributed by atoms with van der Waals surface area (Å²) in [4.78, 5) is 28.0. The predicted molar refractivity (Wildman–Crippen MR) is 121 cm³/mol. The lowest BCUT2D eigenvalue weighted by Crippen LogP contribution is -2.15. The molecule has 2 aromatic rings. The Bertz CT molecular complexity index is 947. The molecule has 1 aliphatic heterocycles. The smallest absolute Gasteiger partial charge is 0.363 e. The monoisotopic (exact) mass is 603 g/mol. The Hall–Kier alpha value is -1.95. The van der Waals surface area contributed by atoms with Crippen molar-refractivity contribution in [1.82, 2.24) is 0 Å². The van der Waals surface area contributed by atoms with Gasteiger partial charge in [-0.2, -0.15) is 0 Å². The third-order valence-electron chi connectivity index (χ3n) is 3.60. The molecule has 8 heteroatoms. The van der Waals surface area contributed by atoms with Crippen molar-refractivity contribution in [2.45, 2.75) is 6.92 Å². The van der Waals surface area contributed by atoms with E-state index >= 15 is 0 Å². The minimum atomic E-state index is -0.494. The topological polar surface area (TPSA) is 74.2 Å². The highest BCUT2D eigenvalue weighted by Gasteiger charge is 2.24. The van der Waals surface area contributed by atoms with Crippen LogP contribution >= 0.6 is 45.2 Å². The Morgan fingerprint density at radius 3 is 2.50 bits per heavy atom. The average Bonchev–Trinajstić information content (AvgIpc) is 3.02. The Balaban J connectivity index is 1.81. The zero-order chi connectivity index (χ0) is 20.1. The van der Waals surface area contributed by atoms with Gasteiger partial charge in [0.2, 0.25) is 5.90 Å². The van der Waals surface area contributed by atoms with Gasteiger partial charge < -0.3 is 14.2 Å². The molecule has 0 spiro atoms. The van der Waals surface area contributed by atoms with E-state index in [1.165, 1.54) is 0 Å². The maximum absolute atomic E-state index is 12.2. The average molecular weight is 603 g/mol. The molecule has 1 heterocycles. The molecule has 0 bridgehead atoms. The van der Waals surface area contributed by atoms with Crippen LogP contribution in [0.25, 0.3) is 6.08 Å². The summed E-state index contributed by atoms with van der Waals surface area (Å²) in [5.74, 6) is -0.0298. The van der Waals surface area contributed by atoms with Gasteiger partial charge in [0.1, 0.15) is 5.75 Å². The summed E-state index contributed by atoms with van der Waals surface area (Å²) in [5.41, 5.74) is 1.75. The van der Waals surface area contributed by atoms with Gasteiger partial charge in [0.25, 0.3) is 0 Å². The number of ether oxygens (including phenoxy) is 3. The molecule has 2 aromatic carbocycles. The van der Waals surface area contributed by atoms with Crippen LogP contribution in [0.2, 0.25) is 0 Å². The maximum atomic E-state index is 12.2. The lowest BCUT2D eigenvalue weighted by molar-refractivity contribution is -0.145. The highest BCUT2D eigenvalue weighted by Crippen LogP contribution is 2.30. The van der Waals surface area contributed by atoms with Gasteiger partial charge in [-0.25, -0.2) is 14.6 Å². The molecule has 6 nitrogen and oxygen atoms in total. The first-order valence-electron chi connectivity index (χ1n) is 8.33. The molecule has 0 N–H and O–H groups in total. The molecule has 0 aromatic heterocycles. The number of nitrogens with zero attached hydrogens (tertiary/aromatic N) is 1. The number of aliphatic imine (C=N–C) groups is 1. The molecule has 0 aliphatic carbocycles. The number of halogens is 2. The van der Waals surface area contributed by atoms with Gasteiger partial charge in [-0.3, -0.25) is 0 Å². The van der Waals surface area contributed by atoms with E-state index in [2.05, 4.69) is 50.2 Å². The maximum Gasteiger partial charge on any atom is 0.363 e. The summed E-state index contributed by atoms with van der Waals surface area (Å²) in [6.45, 7) is 1.90. The van der Waals surface area contributed by atoms with Crippen LogP contribution in [0.1, 0.15) is 18.1 Å². The zero-order valence-corrected chi connectivity index (χ0v) is 19.1. The number of rotatable bonds is 6. The summed E-state index contributed by atoms with van der Waals surface area (Å²) >= 11 is 4.24. The SMILES string of the molecule is CCOC(=O)COc1c(I)cc(/C=C2\N=C(c3ccccc3)OC2=O)cc1I. The third-order valence-corrected chi connectivity index (χ3v) is 5.21. The molecular weight excluding hydrogens is 588 g/mol. The Morgan fingerprint density at radius 2 is 1.86 bits per heavy atom. The highest BCUT2D eigenvalue weighted by atomic mass is 127. The molecule has 0 amide bonds. The van der Waals surface area contributed by atoms with Crippen LogP contribution in [0.5, 0.6) is 5.75 Å². The van der Waals surface area contributed by atoms with E-state index in [0.717, 1.165) is 18.3 Å². The molecule has 0 radical (unpaired) electrons. The van der Waals surface area contributed by atoms with Crippen molar-refractivity contribution in [1.29, 1.82) is 0 Å². The lowest BCUT2D eigenvalue weighted by Gasteiger charge is -2.11. The van der Waals surface area contributed by atoms with Crippen molar-refractivity contribution in [2.24, 2.45) is 4.99 Å². The molecule has 1 aliphatic rings. The molecule has 0 atom stereocenters.